The van der Waals surface area contributed by atoms with Crippen LogP contribution in [-0.4, -0.2) is 35.5 Å². The van der Waals surface area contributed by atoms with Crippen molar-refractivity contribution in [1.82, 2.24) is 9.88 Å². The van der Waals surface area contributed by atoms with Gasteiger partial charge in [-0.1, -0.05) is 0 Å². The molecule has 0 radical (unpaired) electrons. The highest BCUT2D eigenvalue weighted by Crippen LogP contribution is 2.23. The van der Waals surface area contributed by atoms with E-state index in [1.807, 2.05) is 20.8 Å². The molecule has 0 aliphatic carbocycles. The van der Waals surface area contributed by atoms with E-state index in [1.165, 1.54) is 0 Å². The Morgan fingerprint density at radius 2 is 1.95 bits per heavy atom. The van der Waals surface area contributed by atoms with E-state index in [9.17, 15) is 4.79 Å². The minimum atomic E-state index is -0.289. The molecule has 19 heavy (non-hydrogen) atoms. The van der Waals surface area contributed by atoms with Crippen LogP contribution in [0.1, 0.15) is 37.7 Å². The normalized spacial score (nSPS) is 11.5. The van der Waals surface area contributed by atoms with Gasteiger partial charge in [0.15, 0.2) is 0 Å². The molecule has 0 atom stereocenters. The van der Waals surface area contributed by atoms with Gasteiger partial charge in [0.2, 0.25) is 0 Å². The second-order valence-corrected chi connectivity index (χ2v) is 4.44. The lowest BCUT2D eigenvalue weighted by molar-refractivity contribution is -0.137. The summed E-state index contributed by atoms with van der Waals surface area (Å²) in [7, 11) is 0. The van der Waals surface area contributed by atoms with Gasteiger partial charge in [-0.05, 0) is 40.7 Å². The molecule has 0 aliphatic rings. The minimum Gasteiger partial charge on any atom is -0.463 e. The van der Waals surface area contributed by atoms with Crippen molar-refractivity contribution in [2.45, 2.75) is 34.6 Å². The van der Waals surface area contributed by atoms with Crippen LogP contribution in [0.25, 0.3) is 5.70 Å². The Kier molecular flexibility index (Phi) is 5.67. The smallest absolute Gasteiger partial charge is 0.332 e. The number of aromatic amines is 1. The van der Waals surface area contributed by atoms with Crippen LogP contribution in [0.15, 0.2) is 12.1 Å². The molecule has 1 aromatic rings. The molecule has 0 fully saturated rings. The first-order valence-electron chi connectivity index (χ1n) is 6.83. The summed E-state index contributed by atoms with van der Waals surface area (Å²) in [6, 6.07) is 2.07. The molecule has 1 aromatic heterocycles. The number of ether oxygens (including phenoxy) is 1. The zero-order valence-corrected chi connectivity index (χ0v) is 12.5. The van der Waals surface area contributed by atoms with Crippen LogP contribution in [-0.2, 0) is 9.53 Å². The minimum absolute atomic E-state index is 0.289. The molecule has 1 N–H and O–H groups in total. The van der Waals surface area contributed by atoms with Crippen LogP contribution in [0.2, 0.25) is 0 Å². The SMILES string of the molecule is CCOC(=O)C=C(c1cc(C)[nH]c1C)N(CC)CC. The van der Waals surface area contributed by atoms with Crippen LogP contribution in [0.3, 0.4) is 0 Å². The molecule has 1 heterocycles. The number of carbonyl (C=O) groups is 1. The molecule has 4 heteroatoms. The van der Waals surface area contributed by atoms with Crippen molar-refractivity contribution in [1.29, 1.82) is 0 Å². The molecule has 106 valence electrons. The fourth-order valence-electron chi connectivity index (χ4n) is 2.19. The fourth-order valence-corrected chi connectivity index (χ4v) is 2.19. The van der Waals surface area contributed by atoms with Crippen LogP contribution in [0, 0.1) is 13.8 Å². The number of hydrogen-bond acceptors (Lipinski definition) is 3. The first-order chi connectivity index (χ1) is 9.03. The number of hydrogen-bond donors (Lipinski definition) is 1. The van der Waals surface area contributed by atoms with E-state index in [-0.39, 0.29) is 5.97 Å². The molecular weight excluding hydrogens is 240 g/mol. The van der Waals surface area contributed by atoms with Crippen molar-refractivity contribution in [2.75, 3.05) is 19.7 Å². The van der Waals surface area contributed by atoms with Gasteiger partial charge >= 0.3 is 5.97 Å². The van der Waals surface area contributed by atoms with Crippen LogP contribution >= 0.6 is 0 Å². The summed E-state index contributed by atoms with van der Waals surface area (Å²) in [4.78, 5) is 17.2. The van der Waals surface area contributed by atoms with Crippen molar-refractivity contribution in [3.63, 3.8) is 0 Å². The maximum atomic E-state index is 11.7. The van der Waals surface area contributed by atoms with Gasteiger partial charge in [0.05, 0.1) is 12.3 Å². The molecule has 4 nitrogen and oxygen atoms in total. The summed E-state index contributed by atoms with van der Waals surface area (Å²) in [6.45, 7) is 12.1. The highest BCUT2D eigenvalue weighted by Gasteiger charge is 2.15. The molecule has 0 bridgehead atoms. The summed E-state index contributed by atoms with van der Waals surface area (Å²) >= 11 is 0. The lowest BCUT2D eigenvalue weighted by Crippen LogP contribution is -2.22. The van der Waals surface area contributed by atoms with E-state index >= 15 is 0 Å². The van der Waals surface area contributed by atoms with E-state index in [2.05, 4.69) is 29.8 Å². The summed E-state index contributed by atoms with van der Waals surface area (Å²) in [6.07, 6.45) is 1.59. The maximum absolute atomic E-state index is 11.7. The predicted octanol–water partition coefficient (Wildman–Crippen LogP) is 2.88. The van der Waals surface area contributed by atoms with Crippen molar-refractivity contribution < 1.29 is 9.53 Å². The van der Waals surface area contributed by atoms with Gasteiger partial charge in [-0.2, -0.15) is 0 Å². The zero-order chi connectivity index (χ0) is 14.4. The van der Waals surface area contributed by atoms with Gasteiger partial charge in [0.1, 0.15) is 0 Å². The van der Waals surface area contributed by atoms with Crippen LogP contribution in [0.5, 0.6) is 0 Å². The van der Waals surface area contributed by atoms with Crippen molar-refractivity contribution in [3.8, 4) is 0 Å². The van der Waals surface area contributed by atoms with Gasteiger partial charge < -0.3 is 14.6 Å². The third-order valence-electron chi connectivity index (χ3n) is 3.07. The standard InChI is InChI=1S/C15H24N2O2/c1-6-17(7-2)14(10-15(18)19-8-3)13-9-11(4)16-12(13)5/h9-10,16H,6-8H2,1-5H3. The number of carbonyl (C=O) groups excluding carboxylic acids is 1. The average Bonchev–Trinajstić information content (AvgIpc) is 2.69. The monoisotopic (exact) mass is 264 g/mol. The van der Waals surface area contributed by atoms with Gasteiger partial charge in [0.25, 0.3) is 0 Å². The number of nitrogens with one attached hydrogen (secondary N) is 1. The van der Waals surface area contributed by atoms with E-state index in [4.69, 9.17) is 4.74 Å². The van der Waals surface area contributed by atoms with Gasteiger partial charge in [-0.3, -0.25) is 0 Å². The lowest BCUT2D eigenvalue weighted by Gasteiger charge is -2.24. The number of aryl methyl sites for hydroxylation is 2. The second kappa shape index (κ2) is 7.02. The molecule has 0 saturated carbocycles. The Morgan fingerprint density at radius 1 is 1.32 bits per heavy atom. The quantitative estimate of drug-likeness (QED) is 0.635. The molecule has 0 aromatic carbocycles. The first kappa shape index (κ1) is 15.3. The summed E-state index contributed by atoms with van der Waals surface area (Å²) in [5.74, 6) is -0.289. The number of nitrogens with zero attached hydrogens (tertiary/aromatic N) is 1. The number of H-pyrrole nitrogens is 1. The topological polar surface area (TPSA) is 45.3 Å². The van der Waals surface area contributed by atoms with Gasteiger partial charge in [0, 0.05) is 36.1 Å². The van der Waals surface area contributed by atoms with Crippen LogP contribution < -0.4 is 0 Å². The molecule has 0 spiro atoms. The molecule has 0 saturated heterocycles. The second-order valence-electron chi connectivity index (χ2n) is 4.44. The third-order valence-corrected chi connectivity index (χ3v) is 3.07. The predicted molar refractivity (Wildman–Crippen MR) is 77.8 cm³/mol. The average molecular weight is 264 g/mol. The van der Waals surface area contributed by atoms with E-state index in [1.54, 1.807) is 6.08 Å². The largest absolute Gasteiger partial charge is 0.463 e. The zero-order valence-electron chi connectivity index (χ0n) is 12.5. The molecule has 0 amide bonds. The molecule has 1 rings (SSSR count). The van der Waals surface area contributed by atoms with E-state index < -0.39 is 0 Å². The van der Waals surface area contributed by atoms with Crippen molar-refractivity contribution in [3.05, 3.63) is 29.1 Å². The Balaban J connectivity index is 3.19. The van der Waals surface area contributed by atoms with Crippen LogP contribution in [0.4, 0.5) is 0 Å². The third kappa shape index (κ3) is 3.88. The highest BCUT2D eigenvalue weighted by atomic mass is 16.5. The first-order valence-corrected chi connectivity index (χ1v) is 6.83. The Hall–Kier alpha value is -1.71. The van der Waals surface area contributed by atoms with E-state index in [0.29, 0.717) is 6.61 Å². The van der Waals surface area contributed by atoms with Crippen molar-refractivity contribution >= 4 is 11.7 Å². The number of esters is 1. The van der Waals surface area contributed by atoms with Gasteiger partial charge in [-0.15, -0.1) is 0 Å². The summed E-state index contributed by atoms with van der Waals surface area (Å²) in [5.41, 5.74) is 4.15. The number of aromatic nitrogens is 1. The maximum Gasteiger partial charge on any atom is 0.332 e. The Labute approximate surface area is 115 Å². The Bertz CT molecular complexity index is 457. The van der Waals surface area contributed by atoms with Gasteiger partial charge in [-0.25, -0.2) is 4.79 Å². The Morgan fingerprint density at radius 3 is 2.37 bits per heavy atom. The summed E-state index contributed by atoms with van der Waals surface area (Å²) in [5, 5.41) is 0. The fraction of sp³-hybridized carbons (Fsp3) is 0.533. The highest BCUT2D eigenvalue weighted by molar-refractivity contribution is 5.91. The molecule has 0 aliphatic heterocycles. The van der Waals surface area contributed by atoms with Crippen molar-refractivity contribution in [2.24, 2.45) is 0 Å². The number of rotatable bonds is 6. The molecule has 0 unspecified atom stereocenters. The lowest BCUT2D eigenvalue weighted by atomic mass is 10.1. The summed E-state index contributed by atoms with van der Waals surface area (Å²) < 4.78 is 5.03. The molecular formula is C15H24N2O2. The van der Waals surface area contributed by atoms with E-state index in [0.717, 1.165) is 35.7 Å².